The molecule has 140 valence electrons. The van der Waals surface area contributed by atoms with Crippen molar-refractivity contribution < 1.29 is 14.4 Å². The zero-order valence-corrected chi connectivity index (χ0v) is 15.2. The number of amides is 4. The zero-order chi connectivity index (χ0) is 19.7. The van der Waals surface area contributed by atoms with E-state index in [0.29, 0.717) is 0 Å². The van der Waals surface area contributed by atoms with E-state index in [2.05, 4.69) is 10.7 Å². The number of rotatable bonds is 4. The number of hydrazine groups is 1. The number of carbonyl (C=O) groups excluding carboxylic acids is 3. The van der Waals surface area contributed by atoms with E-state index in [-0.39, 0.29) is 18.9 Å². The molecule has 2 aromatic carbocycles. The van der Waals surface area contributed by atoms with E-state index in [1.807, 2.05) is 61.5 Å². The summed E-state index contributed by atoms with van der Waals surface area (Å²) < 4.78 is 0. The summed E-state index contributed by atoms with van der Waals surface area (Å²) >= 11 is 0. The minimum absolute atomic E-state index is 0.0336. The number of urea groups is 1. The first-order valence-electron chi connectivity index (χ1n) is 8.87. The van der Waals surface area contributed by atoms with Crippen LogP contribution in [-0.4, -0.2) is 34.4 Å². The van der Waals surface area contributed by atoms with Crippen LogP contribution in [0.1, 0.15) is 11.1 Å². The van der Waals surface area contributed by atoms with Gasteiger partial charge in [-0.25, -0.2) is 14.8 Å². The van der Waals surface area contributed by atoms with E-state index >= 15 is 0 Å². The average molecular weight is 374 g/mol. The largest absolute Gasteiger partial charge is 0.343 e. The highest BCUT2D eigenvalue weighted by Crippen LogP contribution is 2.30. The number of nitrogens with zero attached hydrogens (tertiary/aromatic N) is 2. The van der Waals surface area contributed by atoms with Gasteiger partial charge in [0.1, 0.15) is 6.54 Å². The van der Waals surface area contributed by atoms with Gasteiger partial charge in [-0.2, -0.15) is 0 Å². The Bertz CT molecular complexity index is 1100. The standard InChI is InChI=1S/C21H18N4O3/c1-13-15-9-5-6-10-17(15)22-20(14-7-3-2-4-8-14)16(13)11-18(26)24-25-12-19(27)23-21(25)28/h2-10H,11-12H2,1H3,(H,24,26)(H,23,27,28). The molecule has 0 saturated carbocycles. The van der Waals surface area contributed by atoms with Gasteiger partial charge in [0.05, 0.1) is 17.6 Å². The normalized spacial score (nSPS) is 13.7. The molecule has 0 aliphatic carbocycles. The third-order valence-corrected chi connectivity index (χ3v) is 4.72. The number of aromatic nitrogens is 1. The number of hydrogen-bond acceptors (Lipinski definition) is 4. The van der Waals surface area contributed by atoms with Gasteiger partial charge in [0.15, 0.2) is 0 Å². The maximum Gasteiger partial charge on any atom is 0.343 e. The van der Waals surface area contributed by atoms with Gasteiger partial charge in [0, 0.05) is 10.9 Å². The van der Waals surface area contributed by atoms with Crippen molar-refractivity contribution in [3.8, 4) is 11.3 Å². The predicted octanol–water partition coefficient (Wildman–Crippen LogP) is 2.34. The molecular formula is C21H18N4O3. The third kappa shape index (κ3) is 3.29. The van der Waals surface area contributed by atoms with Crippen LogP contribution in [0.5, 0.6) is 0 Å². The van der Waals surface area contributed by atoms with Gasteiger partial charge < -0.3 is 0 Å². The second-order valence-electron chi connectivity index (χ2n) is 6.60. The fourth-order valence-electron chi connectivity index (χ4n) is 3.35. The monoisotopic (exact) mass is 374 g/mol. The fourth-order valence-corrected chi connectivity index (χ4v) is 3.35. The molecule has 3 aromatic rings. The summed E-state index contributed by atoms with van der Waals surface area (Å²) in [6.07, 6.45) is 0.0336. The van der Waals surface area contributed by atoms with Gasteiger partial charge >= 0.3 is 6.03 Å². The summed E-state index contributed by atoms with van der Waals surface area (Å²) in [6.45, 7) is 1.77. The average Bonchev–Trinajstić information content (AvgIpc) is 3.01. The molecule has 0 bridgehead atoms. The van der Waals surface area contributed by atoms with Gasteiger partial charge in [-0.15, -0.1) is 0 Å². The second kappa shape index (κ2) is 7.11. The first-order valence-corrected chi connectivity index (χ1v) is 8.87. The lowest BCUT2D eigenvalue weighted by atomic mass is 9.95. The van der Waals surface area contributed by atoms with E-state index in [0.717, 1.165) is 38.3 Å². The quantitative estimate of drug-likeness (QED) is 0.686. The maximum atomic E-state index is 12.6. The molecule has 28 heavy (non-hydrogen) atoms. The summed E-state index contributed by atoms with van der Waals surface area (Å²) in [5.74, 6) is -0.832. The van der Waals surface area contributed by atoms with Crippen LogP contribution in [0, 0.1) is 6.92 Å². The van der Waals surface area contributed by atoms with Crippen molar-refractivity contribution in [2.24, 2.45) is 0 Å². The molecule has 1 aromatic heterocycles. The van der Waals surface area contributed by atoms with Crippen molar-refractivity contribution in [2.75, 3.05) is 6.54 Å². The highest BCUT2D eigenvalue weighted by atomic mass is 16.2. The molecule has 1 fully saturated rings. The topological polar surface area (TPSA) is 91.4 Å². The van der Waals surface area contributed by atoms with E-state index < -0.39 is 11.9 Å². The van der Waals surface area contributed by atoms with Gasteiger partial charge in [-0.1, -0.05) is 48.5 Å². The number of para-hydroxylation sites is 1. The van der Waals surface area contributed by atoms with Crippen LogP contribution in [0.2, 0.25) is 0 Å². The van der Waals surface area contributed by atoms with Crippen molar-refractivity contribution in [2.45, 2.75) is 13.3 Å². The Morgan fingerprint density at radius 1 is 1.11 bits per heavy atom. The summed E-state index contributed by atoms with van der Waals surface area (Å²) in [7, 11) is 0. The Morgan fingerprint density at radius 2 is 1.82 bits per heavy atom. The Balaban J connectivity index is 1.72. The summed E-state index contributed by atoms with van der Waals surface area (Å²) in [5, 5.41) is 4.08. The summed E-state index contributed by atoms with van der Waals surface area (Å²) in [5.41, 5.74) is 6.74. The van der Waals surface area contributed by atoms with Crippen LogP contribution >= 0.6 is 0 Å². The minimum Gasteiger partial charge on any atom is -0.275 e. The van der Waals surface area contributed by atoms with E-state index in [9.17, 15) is 14.4 Å². The van der Waals surface area contributed by atoms with Crippen molar-refractivity contribution in [1.29, 1.82) is 0 Å². The van der Waals surface area contributed by atoms with Crippen LogP contribution in [0.25, 0.3) is 22.2 Å². The Hall–Kier alpha value is -3.74. The first-order chi connectivity index (χ1) is 13.5. The van der Waals surface area contributed by atoms with Crippen molar-refractivity contribution in [3.63, 3.8) is 0 Å². The van der Waals surface area contributed by atoms with Crippen LogP contribution in [0.4, 0.5) is 4.79 Å². The highest BCUT2D eigenvalue weighted by molar-refractivity contribution is 6.02. The van der Waals surface area contributed by atoms with Crippen molar-refractivity contribution in [3.05, 3.63) is 65.7 Å². The SMILES string of the molecule is Cc1c(CC(=O)NN2CC(=O)NC2=O)c(-c2ccccc2)nc2ccccc12. The minimum atomic E-state index is -0.630. The zero-order valence-electron chi connectivity index (χ0n) is 15.2. The Labute approximate surface area is 161 Å². The number of imide groups is 1. The lowest BCUT2D eigenvalue weighted by Crippen LogP contribution is -2.44. The lowest BCUT2D eigenvalue weighted by molar-refractivity contribution is -0.124. The molecular weight excluding hydrogens is 356 g/mol. The third-order valence-electron chi connectivity index (χ3n) is 4.72. The molecule has 7 nitrogen and oxygen atoms in total. The maximum absolute atomic E-state index is 12.6. The van der Waals surface area contributed by atoms with E-state index in [1.165, 1.54) is 0 Å². The molecule has 0 atom stereocenters. The van der Waals surface area contributed by atoms with Gasteiger partial charge in [-0.05, 0) is 24.1 Å². The fraction of sp³-hybridized carbons (Fsp3) is 0.143. The van der Waals surface area contributed by atoms with Crippen molar-refractivity contribution in [1.82, 2.24) is 20.7 Å². The molecule has 4 amide bonds. The number of hydrogen-bond donors (Lipinski definition) is 2. The van der Waals surface area contributed by atoms with Crippen LogP contribution in [0.3, 0.4) is 0 Å². The molecule has 1 saturated heterocycles. The lowest BCUT2D eigenvalue weighted by Gasteiger charge is -2.18. The molecule has 1 aliphatic rings. The van der Waals surface area contributed by atoms with Gasteiger partial charge in [-0.3, -0.25) is 20.3 Å². The number of pyridine rings is 1. The van der Waals surface area contributed by atoms with Gasteiger partial charge in [0.25, 0.3) is 0 Å². The highest BCUT2D eigenvalue weighted by Gasteiger charge is 2.28. The Morgan fingerprint density at radius 3 is 2.54 bits per heavy atom. The predicted molar refractivity (Wildman–Crippen MR) is 104 cm³/mol. The Kier molecular flexibility index (Phi) is 4.49. The molecule has 0 spiro atoms. The van der Waals surface area contributed by atoms with Crippen LogP contribution < -0.4 is 10.7 Å². The molecule has 2 heterocycles. The molecule has 7 heteroatoms. The van der Waals surface area contributed by atoms with E-state index in [4.69, 9.17) is 4.98 Å². The van der Waals surface area contributed by atoms with Crippen molar-refractivity contribution >= 4 is 28.7 Å². The number of benzene rings is 2. The summed E-state index contributed by atoms with van der Waals surface area (Å²) in [4.78, 5) is 40.4. The number of nitrogens with one attached hydrogen (secondary N) is 2. The molecule has 0 radical (unpaired) electrons. The molecule has 4 rings (SSSR count). The van der Waals surface area contributed by atoms with Crippen LogP contribution in [-0.2, 0) is 16.0 Å². The van der Waals surface area contributed by atoms with E-state index in [1.54, 1.807) is 0 Å². The first kappa shape index (κ1) is 17.7. The molecule has 2 N–H and O–H groups in total. The smallest absolute Gasteiger partial charge is 0.275 e. The molecule has 0 unspecified atom stereocenters. The second-order valence-corrected chi connectivity index (χ2v) is 6.60. The summed E-state index contributed by atoms with van der Waals surface area (Å²) in [6, 6.07) is 16.8. The molecule has 1 aliphatic heterocycles. The number of fused-ring (bicyclic) bond motifs is 1. The number of aryl methyl sites for hydroxylation is 1. The number of carbonyl (C=O) groups is 3. The van der Waals surface area contributed by atoms with Gasteiger partial charge in [0.2, 0.25) is 11.8 Å². The van der Waals surface area contributed by atoms with Crippen LogP contribution in [0.15, 0.2) is 54.6 Å².